The lowest BCUT2D eigenvalue weighted by molar-refractivity contribution is 0.0696. The minimum Gasteiger partial charge on any atom is -0.478 e. The Bertz CT molecular complexity index is 809. The molecule has 0 spiro atoms. The molecule has 0 saturated heterocycles. The summed E-state index contributed by atoms with van der Waals surface area (Å²) in [6, 6.07) is 13.9. The van der Waals surface area contributed by atoms with Crippen molar-refractivity contribution in [3.8, 4) is 11.1 Å². The fraction of sp³-hybridized carbons (Fsp3) is 0.0588. The number of benzene rings is 2. The highest BCUT2D eigenvalue weighted by Crippen LogP contribution is 2.31. The van der Waals surface area contributed by atoms with Crippen LogP contribution in [0.3, 0.4) is 0 Å². The van der Waals surface area contributed by atoms with Crippen molar-refractivity contribution < 1.29 is 9.90 Å². The second-order valence-corrected chi connectivity index (χ2v) is 4.75. The number of pyridine rings is 1. The van der Waals surface area contributed by atoms with Gasteiger partial charge in [0.05, 0.1) is 5.56 Å². The maximum atomic E-state index is 11.1. The Morgan fingerprint density at radius 1 is 1.10 bits per heavy atom. The molecule has 0 atom stereocenters. The number of carbonyl (C=O) groups is 1. The van der Waals surface area contributed by atoms with Crippen LogP contribution in [0.15, 0.2) is 54.9 Å². The van der Waals surface area contributed by atoms with Crippen LogP contribution in [0.5, 0.6) is 0 Å². The number of hydrogen-bond donors (Lipinski definition) is 1. The van der Waals surface area contributed by atoms with E-state index in [1.165, 1.54) is 6.20 Å². The number of aryl methyl sites for hydroxylation is 1. The number of nitrogens with zero attached hydrogens (tertiary/aromatic N) is 1. The monoisotopic (exact) mass is 263 g/mol. The SMILES string of the molecule is Cc1ccc2ccccc2c1-c1cncc(C(=O)O)c1. The summed E-state index contributed by atoms with van der Waals surface area (Å²) in [4.78, 5) is 15.1. The first kappa shape index (κ1) is 12.4. The first-order chi connectivity index (χ1) is 9.66. The fourth-order valence-electron chi connectivity index (χ4n) is 2.46. The molecule has 20 heavy (non-hydrogen) atoms. The topological polar surface area (TPSA) is 50.2 Å². The molecule has 0 unspecified atom stereocenters. The predicted octanol–water partition coefficient (Wildman–Crippen LogP) is 3.91. The molecule has 0 aliphatic rings. The number of carboxylic acid groups (broad SMARTS) is 1. The van der Waals surface area contributed by atoms with Gasteiger partial charge in [0.1, 0.15) is 0 Å². The van der Waals surface area contributed by atoms with Gasteiger partial charge in [-0.2, -0.15) is 0 Å². The number of hydrogen-bond acceptors (Lipinski definition) is 2. The van der Waals surface area contributed by atoms with E-state index in [0.717, 1.165) is 27.5 Å². The molecule has 0 radical (unpaired) electrons. The van der Waals surface area contributed by atoms with Gasteiger partial charge in [0, 0.05) is 18.0 Å². The van der Waals surface area contributed by atoms with Crippen LogP contribution in [-0.4, -0.2) is 16.1 Å². The highest BCUT2D eigenvalue weighted by molar-refractivity contribution is 5.99. The largest absolute Gasteiger partial charge is 0.478 e. The lowest BCUT2D eigenvalue weighted by Gasteiger charge is -2.10. The Morgan fingerprint density at radius 3 is 2.70 bits per heavy atom. The zero-order valence-electron chi connectivity index (χ0n) is 11.0. The van der Waals surface area contributed by atoms with Crippen molar-refractivity contribution >= 4 is 16.7 Å². The van der Waals surface area contributed by atoms with Crippen molar-refractivity contribution in [1.29, 1.82) is 0 Å². The molecular formula is C17H13NO2. The third-order valence-electron chi connectivity index (χ3n) is 3.41. The zero-order valence-corrected chi connectivity index (χ0v) is 11.0. The van der Waals surface area contributed by atoms with E-state index < -0.39 is 5.97 Å². The summed E-state index contributed by atoms with van der Waals surface area (Å²) in [5.41, 5.74) is 3.18. The van der Waals surface area contributed by atoms with Crippen molar-refractivity contribution in [2.75, 3.05) is 0 Å². The standard InChI is InChI=1S/C17H13NO2/c1-11-6-7-12-4-2-3-5-15(12)16(11)13-8-14(17(19)20)10-18-9-13/h2-10H,1H3,(H,19,20). The molecule has 0 fully saturated rings. The molecule has 98 valence electrons. The van der Waals surface area contributed by atoms with E-state index in [4.69, 9.17) is 5.11 Å². The Labute approximate surface area is 116 Å². The minimum atomic E-state index is -0.961. The molecule has 0 aliphatic heterocycles. The van der Waals surface area contributed by atoms with Gasteiger partial charge in [-0.3, -0.25) is 4.98 Å². The van der Waals surface area contributed by atoms with Crippen LogP contribution in [0.4, 0.5) is 0 Å². The molecule has 0 saturated carbocycles. The highest BCUT2D eigenvalue weighted by Gasteiger charge is 2.10. The van der Waals surface area contributed by atoms with Crippen LogP contribution in [0.1, 0.15) is 15.9 Å². The summed E-state index contributed by atoms with van der Waals surface area (Å²) in [5, 5.41) is 11.3. The van der Waals surface area contributed by atoms with Crippen LogP contribution in [0.25, 0.3) is 21.9 Å². The quantitative estimate of drug-likeness (QED) is 0.762. The average molecular weight is 263 g/mol. The zero-order chi connectivity index (χ0) is 14.1. The van der Waals surface area contributed by atoms with E-state index in [2.05, 4.69) is 11.1 Å². The molecule has 1 N–H and O–H groups in total. The summed E-state index contributed by atoms with van der Waals surface area (Å²) in [6.45, 7) is 2.02. The normalized spacial score (nSPS) is 10.7. The van der Waals surface area contributed by atoms with Gasteiger partial charge in [0.25, 0.3) is 0 Å². The first-order valence-corrected chi connectivity index (χ1v) is 6.34. The van der Waals surface area contributed by atoms with Crippen LogP contribution in [0, 0.1) is 6.92 Å². The predicted molar refractivity (Wildman–Crippen MR) is 78.9 cm³/mol. The molecule has 2 aromatic carbocycles. The number of aromatic nitrogens is 1. The van der Waals surface area contributed by atoms with E-state index in [1.807, 2.05) is 37.3 Å². The van der Waals surface area contributed by atoms with Gasteiger partial charge in [-0.05, 0) is 34.9 Å². The lowest BCUT2D eigenvalue weighted by atomic mass is 9.94. The first-order valence-electron chi connectivity index (χ1n) is 6.34. The van der Waals surface area contributed by atoms with Crippen LogP contribution in [-0.2, 0) is 0 Å². The third-order valence-corrected chi connectivity index (χ3v) is 3.41. The number of rotatable bonds is 2. The van der Waals surface area contributed by atoms with Crippen LogP contribution in [0.2, 0.25) is 0 Å². The van der Waals surface area contributed by atoms with Crippen molar-refractivity contribution in [1.82, 2.24) is 4.98 Å². The molecule has 0 aliphatic carbocycles. The lowest BCUT2D eigenvalue weighted by Crippen LogP contribution is -1.98. The van der Waals surface area contributed by atoms with E-state index in [9.17, 15) is 4.79 Å². The van der Waals surface area contributed by atoms with E-state index in [-0.39, 0.29) is 5.56 Å². The van der Waals surface area contributed by atoms with Gasteiger partial charge >= 0.3 is 5.97 Å². The van der Waals surface area contributed by atoms with Crippen molar-refractivity contribution in [3.05, 3.63) is 66.0 Å². The van der Waals surface area contributed by atoms with Crippen molar-refractivity contribution in [3.63, 3.8) is 0 Å². The molecule has 1 aromatic heterocycles. The number of aromatic carboxylic acids is 1. The summed E-state index contributed by atoms with van der Waals surface area (Å²) in [6.07, 6.45) is 3.08. The Hall–Kier alpha value is -2.68. The molecule has 3 heteroatoms. The third kappa shape index (κ3) is 2.03. The Morgan fingerprint density at radius 2 is 1.90 bits per heavy atom. The number of fused-ring (bicyclic) bond motifs is 1. The maximum Gasteiger partial charge on any atom is 0.337 e. The second-order valence-electron chi connectivity index (χ2n) is 4.75. The van der Waals surface area contributed by atoms with Crippen molar-refractivity contribution in [2.24, 2.45) is 0 Å². The van der Waals surface area contributed by atoms with Gasteiger partial charge in [-0.15, -0.1) is 0 Å². The molecule has 0 bridgehead atoms. The number of carboxylic acids is 1. The Balaban J connectivity index is 2.31. The fourth-order valence-corrected chi connectivity index (χ4v) is 2.46. The second kappa shape index (κ2) is 4.78. The summed E-state index contributed by atoms with van der Waals surface area (Å²) in [7, 11) is 0. The molecule has 3 rings (SSSR count). The van der Waals surface area contributed by atoms with E-state index >= 15 is 0 Å². The molecule has 3 aromatic rings. The Kier molecular flexibility index (Phi) is 2.95. The maximum absolute atomic E-state index is 11.1. The van der Waals surface area contributed by atoms with Gasteiger partial charge in [-0.1, -0.05) is 36.4 Å². The molecule has 3 nitrogen and oxygen atoms in total. The summed E-state index contributed by atoms with van der Waals surface area (Å²) < 4.78 is 0. The molecule has 1 heterocycles. The molecule has 0 amide bonds. The highest BCUT2D eigenvalue weighted by atomic mass is 16.4. The average Bonchev–Trinajstić information content (AvgIpc) is 2.47. The van der Waals surface area contributed by atoms with E-state index in [1.54, 1.807) is 12.3 Å². The summed E-state index contributed by atoms with van der Waals surface area (Å²) >= 11 is 0. The van der Waals surface area contributed by atoms with Crippen molar-refractivity contribution in [2.45, 2.75) is 6.92 Å². The van der Waals surface area contributed by atoms with Crippen LogP contribution < -0.4 is 0 Å². The van der Waals surface area contributed by atoms with Gasteiger partial charge in [0.2, 0.25) is 0 Å². The minimum absolute atomic E-state index is 0.204. The van der Waals surface area contributed by atoms with Gasteiger partial charge in [-0.25, -0.2) is 4.79 Å². The summed E-state index contributed by atoms with van der Waals surface area (Å²) in [5.74, 6) is -0.961. The van der Waals surface area contributed by atoms with Gasteiger partial charge in [0.15, 0.2) is 0 Å². The van der Waals surface area contributed by atoms with Crippen LogP contribution >= 0.6 is 0 Å². The van der Waals surface area contributed by atoms with Gasteiger partial charge < -0.3 is 5.11 Å². The van der Waals surface area contributed by atoms with E-state index in [0.29, 0.717) is 0 Å². The smallest absolute Gasteiger partial charge is 0.337 e. The molecular weight excluding hydrogens is 250 g/mol.